The third kappa shape index (κ3) is 2.47. The first-order valence-corrected chi connectivity index (χ1v) is 7.58. The molecule has 3 rings (SSSR count). The number of fused-ring (bicyclic) bond motifs is 1. The summed E-state index contributed by atoms with van der Waals surface area (Å²) in [6, 6.07) is 7.88. The highest BCUT2D eigenvalue weighted by molar-refractivity contribution is 8.00. The second kappa shape index (κ2) is 5.37. The van der Waals surface area contributed by atoms with Crippen molar-refractivity contribution in [3.63, 3.8) is 0 Å². The molecule has 0 fully saturated rings. The van der Waals surface area contributed by atoms with Gasteiger partial charge in [-0.15, -0.1) is 10.2 Å². The van der Waals surface area contributed by atoms with Crippen molar-refractivity contribution in [2.45, 2.75) is 24.3 Å². The predicted octanol–water partition coefficient (Wildman–Crippen LogP) is 2.97. The molecule has 2 heterocycles. The smallest absolute Gasteiger partial charge is 0.191 e. The third-order valence-electron chi connectivity index (χ3n) is 3.46. The van der Waals surface area contributed by atoms with Crippen LogP contribution in [0.4, 0.5) is 0 Å². The minimum absolute atomic E-state index is 0.109. The molecule has 0 radical (unpaired) electrons. The largest absolute Gasteiger partial charge is 0.358 e. The SMILES string of the molecule is Cc1[nH]c2ccccc2c1C(=O)[C@@H](C)Sc1nncn1C. The highest BCUT2D eigenvalue weighted by atomic mass is 32.2. The van der Waals surface area contributed by atoms with Crippen LogP contribution in [0.15, 0.2) is 35.7 Å². The molecule has 0 aliphatic heterocycles. The van der Waals surface area contributed by atoms with E-state index in [4.69, 9.17) is 0 Å². The van der Waals surface area contributed by atoms with Gasteiger partial charge in [0.05, 0.1) is 5.25 Å². The monoisotopic (exact) mass is 300 g/mol. The zero-order chi connectivity index (χ0) is 15.0. The number of hydrogen-bond acceptors (Lipinski definition) is 4. The van der Waals surface area contributed by atoms with Gasteiger partial charge in [-0.1, -0.05) is 30.0 Å². The van der Waals surface area contributed by atoms with Gasteiger partial charge in [0.15, 0.2) is 10.9 Å². The zero-order valence-electron chi connectivity index (χ0n) is 12.1. The molecule has 0 amide bonds. The first kappa shape index (κ1) is 13.9. The van der Waals surface area contributed by atoms with E-state index in [1.54, 1.807) is 6.33 Å². The lowest BCUT2D eigenvalue weighted by Gasteiger charge is -2.09. The van der Waals surface area contributed by atoms with Gasteiger partial charge in [-0.2, -0.15) is 0 Å². The topological polar surface area (TPSA) is 63.6 Å². The summed E-state index contributed by atoms with van der Waals surface area (Å²) in [6.07, 6.45) is 1.64. The van der Waals surface area contributed by atoms with Crippen LogP contribution in [0, 0.1) is 6.92 Å². The number of Topliss-reactive ketones (excluding diaryl/α,β-unsaturated/α-hetero) is 1. The van der Waals surface area contributed by atoms with Crippen LogP contribution < -0.4 is 0 Å². The van der Waals surface area contributed by atoms with E-state index in [1.165, 1.54) is 11.8 Å². The van der Waals surface area contributed by atoms with E-state index in [0.717, 1.165) is 27.3 Å². The summed E-state index contributed by atoms with van der Waals surface area (Å²) in [5.41, 5.74) is 2.67. The number of carbonyl (C=O) groups is 1. The summed E-state index contributed by atoms with van der Waals surface area (Å²) in [4.78, 5) is 16.0. The molecule has 3 aromatic rings. The van der Waals surface area contributed by atoms with Crippen molar-refractivity contribution >= 4 is 28.4 Å². The summed E-state index contributed by atoms with van der Waals surface area (Å²) in [7, 11) is 1.87. The minimum atomic E-state index is -0.217. The summed E-state index contributed by atoms with van der Waals surface area (Å²) >= 11 is 1.43. The van der Waals surface area contributed by atoms with E-state index >= 15 is 0 Å². The minimum Gasteiger partial charge on any atom is -0.358 e. The molecule has 5 nitrogen and oxygen atoms in total. The third-order valence-corrected chi connectivity index (χ3v) is 4.61. The summed E-state index contributed by atoms with van der Waals surface area (Å²) in [6.45, 7) is 3.84. The van der Waals surface area contributed by atoms with Crippen molar-refractivity contribution in [2.75, 3.05) is 0 Å². The Morgan fingerprint density at radius 1 is 1.38 bits per heavy atom. The number of hydrogen-bond donors (Lipinski definition) is 1. The van der Waals surface area contributed by atoms with E-state index in [0.29, 0.717) is 0 Å². The second-order valence-corrected chi connectivity index (χ2v) is 6.33. The number of H-pyrrole nitrogens is 1. The fourth-order valence-corrected chi connectivity index (χ4v) is 3.24. The summed E-state index contributed by atoms with van der Waals surface area (Å²) in [5, 5.41) is 9.36. The lowest BCUT2D eigenvalue weighted by atomic mass is 10.1. The number of carbonyl (C=O) groups excluding carboxylic acids is 1. The Morgan fingerprint density at radius 2 is 2.14 bits per heavy atom. The van der Waals surface area contributed by atoms with Crippen LogP contribution in [0.5, 0.6) is 0 Å². The van der Waals surface area contributed by atoms with Crippen LogP contribution in [-0.4, -0.2) is 30.8 Å². The number of aromatic amines is 1. The Kier molecular flexibility index (Phi) is 3.55. The molecule has 0 aliphatic carbocycles. The molecular weight excluding hydrogens is 284 g/mol. The molecule has 0 saturated heterocycles. The molecule has 21 heavy (non-hydrogen) atoms. The van der Waals surface area contributed by atoms with Gasteiger partial charge >= 0.3 is 0 Å². The Hall–Kier alpha value is -2.08. The number of thioether (sulfide) groups is 1. The van der Waals surface area contributed by atoms with Gasteiger partial charge in [0, 0.05) is 29.2 Å². The molecule has 0 saturated carbocycles. The van der Waals surface area contributed by atoms with Gasteiger partial charge < -0.3 is 9.55 Å². The Bertz CT molecular complexity index is 805. The molecule has 6 heteroatoms. The van der Waals surface area contributed by atoms with Crippen LogP contribution >= 0.6 is 11.8 Å². The molecule has 2 aromatic heterocycles. The number of nitrogens with one attached hydrogen (secondary N) is 1. The number of benzene rings is 1. The van der Waals surface area contributed by atoms with Crippen LogP contribution in [0.25, 0.3) is 10.9 Å². The van der Waals surface area contributed by atoms with Crippen molar-refractivity contribution in [2.24, 2.45) is 7.05 Å². The number of nitrogens with zero attached hydrogens (tertiary/aromatic N) is 3. The zero-order valence-corrected chi connectivity index (χ0v) is 12.9. The van der Waals surface area contributed by atoms with Gasteiger partial charge in [-0.25, -0.2) is 0 Å². The number of rotatable bonds is 4. The average Bonchev–Trinajstić information content (AvgIpc) is 3.01. The number of aryl methyl sites for hydroxylation is 2. The normalized spacial score (nSPS) is 12.7. The number of ketones is 1. The Morgan fingerprint density at radius 3 is 2.86 bits per heavy atom. The van der Waals surface area contributed by atoms with Crippen molar-refractivity contribution in [3.05, 3.63) is 41.9 Å². The molecule has 0 bridgehead atoms. The van der Waals surface area contributed by atoms with Gasteiger partial charge in [-0.05, 0) is 19.9 Å². The highest BCUT2D eigenvalue weighted by Crippen LogP contribution is 2.28. The maximum absolute atomic E-state index is 12.8. The van der Waals surface area contributed by atoms with E-state index in [2.05, 4.69) is 15.2 Å². The van der Waals surface area contributed by atoms with Crippen LogP contribution in [0.3, 0.4) is 0 Å². The molecule has 0 aliphatic rings. The molecule has 1 atom stereocenters. The van der Waals surface area contributed by atoms with Crippen molar-refractivity contribution < 1.29 is 4.79 Å². The van der Waals surface area contributed by atoms with Gasteiger partial charge in [0.2, 0.25) is 0 Å². The molecule has 0 spiro atoms. The van der Waals surface area contributed by atoms with E-state index < -0.39 is 0 Å². The lowest BCUT2D eigenvalue weighted by Crippen LogP contribution is -2.15. The summed E-state index contributed by atoms with van der Waals surface area (Å²) < 4.78 is 1.82. The first-order valence-electron chi connectivity index (χ1n) is 6.70. The van der Waals surface area contributed by atoms with Gasteiger partial charge in [0.1, 0.15) is 6.33 Å². The van der Waals surface area contributed by atoms with E-state index in [1.807, 2.05) is 49.7 Å². The van der Waals surface area contributed by atoms with E-state index in [9.17, 15) is 4.79 Å². The lowest BCUT2D eigenvalue weighted by molar-refractivity contribution is 0.0995. The maximum Gasteiger partial charge on any atom is 0.191 e. The second-order valence-electron chi connectivity index (χ2n) is 5.02. The number of para-hydroxylation sites is 1. The number of aromatic nitrogens is 4. The Labute approximate surface area is 126 Å². The standard InChI is InChI=1S/C15H16N4OS/c1-9-13(11-6-4-5-7-12(11)17-9)14(20)10(2)21-15-18-16-8-19(15)3/h4-8,10,17H,1-3H3/t10-/m1/s1. The van der Waals surface area contributed by atoms with Crippen LogP contribution in [0.2, 0.25) is 0 Å². The van der Waals surface area contributed by atoms with Crippen molar-refractivity contribution in [1.29, 1.82) is 0 Å². The van der Waals surface area contributed by atoms with Crippen molar-refractivity contribution in [1.82, 2.24) is 19.7 Å². The molecule has 1 aromatic carbocycles. The van der Waals surface area contributed by atoms with Gasteiger partial charge in [0.25, 0.3) is 0 Å². The molecule has 0 unspecified atom stereocenters. The highest BCUT2D eigenvalue weighted by Gasteiger charge is 2.23. The van der Waals surface area contributed by atoms with Crippen LogP contribution in [-0.2, 0) is 7.05 Å². The van der Waals surface area contributed by atoms with Crippen molar-refractivity contribution in [3.8, 4) is 0 Å². The quantitative estimate of drug-likeness (QED) is 0.594. The molecular formula is C15H16N4OS. The first-order chi connectivity index (χ1) is 10.1. The van der Waals surface area contributed by atoms with Crippen LogP contribution in [0.1, 0.15) is 23.0 Å². The fraction of sp³-hybridized carbons (Fsp3) is 0.267. The fourth-order valence-electron chi connectivity index (χ4n) is 2.39. The Balaban J connectivity index is 1.93. The maximum atomic E-state index is 12.8. The van der Waals surface area contributed by atoms with E-state index in [-0.39, 0.29) is 11.0 Å². The summed E-state index contributed by atoms with van der Waals surface area (Å²) in [5.74, 6) is 0.109. The molecule has 1 N–H and O–H groups in total. The average molecular weight is 300 g/mol. The van der Waals surface area contributed by atoms with Gasteiger partial charge in [-0.3, -0.25) is 4.79 Å². The molecule has 108 valence electrons. The predicted molar refractivity (Wildman–Crippen MR) is 83.7 cm³/mol.